The lowest BCUT2D eigenvalue weighted by Gasteiger charge is -2.05. The Balaban J connectivity index is 2.10. The van der Waals surface area contributed by atoms with Crippen LogP contribution < -0.4 is 0 Å². The van der Waals surface area contributed by atoms with Crippen LogP contribution in [0.15, 0.2) is 63.7 Å². The number of carbonyl (C=O) groups is 1. The Morgan fingerprint density at radius 2 is 1.82 bits per heavy atom. The smallest absolute Gasteiger partial charge is 0.344 e. The van der Waals surface area contributed by atoms with Crippen LogP contribution in [0.3, 0.4) is 0 Å². The molecule has 1 aliphatic rings. The van der Waals surface area contributed by atoms with Crippen molar-refractivity contribution in [2.75, 3.05) is 6.61 Å². The molecule has 0 aromatic heterocycles. The number of thioether (sulfide) groups is 1. The lowest BCUT2D eigenvalue weighted by molar-refractivity contribution is -0.138. The summed E-state index contributed by atoms with van der Waals surface area (Å²) in [7, 11) is 0. The highest BCUT2D eigenvalue weighted by Gasteiger charge is 2.33. The molecule has 0 fully saturated rings. The third-order valence-corrected chi connectivity index (χ3v) is 5.28. The van der Waals surface area contributed by atoms with Gasteiger partial charge in [0, 0.05) is 5.56 Å². The van der Waals surface area contributed by atoms with E-state index in [1.54, 1.807) is 32.1 Å². The number of aryl methyl sites for hydroxylation is 2. The van der Waals surface area contributed by atoms with Gasteiger partial charge in [-0.2, -0.15) is 0 Å². The number of carbonyl (C=O) groups excluding carboxylic acids is 1. The van der Waals surface area contributed by atoms with Gasteiger partial charge < -0.3 is 14.9 Å². The maximum atomic E-state index is 12.4. The molecule has 3 rings (SSSR count). The lowest BCUT2D eigenvalue weighted by atomic mass is 10.1. The third kappa shape index (κ3) is 3.97. The van der Waals surface area contributed by atoms with E-state index >= 15 is 0 Å². The van der Waals surface area contributed by atoms with Gasteiger partial charge in [-0.1, -0.05) is 48.2 Å². The summed E-state index contributed by atoms with van der Waals surface area (Å²) in [5.74, 6) is -0.696. The molecular weight excluding hydrogens is 374 g/mol. The number of nitrogens with zero attached hydrogens (tertiary/aromatic N) is 1. The number of benzene rings is 2. The maximum absolute atomic E-state index is 12.4. The number of phenolic OH excluding ortho intramolecular Hbond substituents is 1. The van der Waals surface area contributed by atoms with E-state index in [1.165, 1.54) is 11.8 Å². The van der Waals surface area contributed by atoms with Gasteiger partial charge in [0.05, 0.1) is 17.2 Å². The Labute approximate surface area is 168 Å². The number of ether oxygens (including phenoxy) is 1. The molecule has 28 heavy (non-hydrogen) atoms. The number of esters is 1. The fourth-order valence-electron chi connectivity index (χ4n) is 2.73. The second-order valence-corrected chi connectivity index (χ2v) is 7.30. The van der Waals surface area contributed by atoms with Crippen LogP contribution in [0.25, 0.3) is 6.08 Å². The molecule has 1 heterocycles. The molecule has 0 saturated heterocycles. The molecule has 0 spiro atoms. The van der Waals surface area contributed by atoms with Gasteiger partial charge >= 0.3 is 5.97 Å². The molecule has 0 amide bonds. The van der Waals surface area contributed by atoms with Gasteiger partial charge in [-0.3, -0.25) is 0 Å². The summed E-state index contributed by atoms with van der Waals surface area (Å²) in [6.45, 7) is 5.62. The van der Waals surface area contributed by atoms with Crippen LogP contribution in [0.1, 0.15) is 23.6 Å². The van der Waals surface area contributed by atoms with E-state index in [4.69, 9.17) is 4.74 Å². The molecule has 2 N–H and O–H groups in total. The van der Waals surface area contributed by atoms with Crippen molar-refractivity contribution < 1.29 is 19.7 Å². The molecule has 0 radical (unpaired) electrons. The zero-order valence-electron chi connectivity index (χ0n) is 15.9. The molecule has 0 saturated carbocycles. The number of hydrogen-bond donors (Lipinski definition) is 2. The first-order valence-corrected chi connectivity index (χ1v) is 9.67. The molecule has 0 unspecified atom stereocenters. The molecule has 144 valence electrons. The van der Waals surface area contributed by atoms with Gasteiger partial charge in [0.1, 0.15) is 22.1 Å². The molecule has 6 heteroatoms. The summed E-state index contributed by atoms with van der Waals surface area (Å²) < 4.78 is 5.11. The predicted molar refractivity (Wildman–Crippen MR) is 113 cm³/mol. The van der Waals surface area contributed by atoms with Crippen molar-refractivity contribution in [2.45, 2.75) is 20.8 Å². The van der Waals surface area contributed by atoms with Crippen molar-refractivity contribution in [3.05, 3.63) is 75.4 Å². The number of aliphatic hydroxyl groups excluding tert-OH is 1. The Morgan fingerprint density at radius 1 is 1.11 bits per heavy atom. The van der Waals surface area contributed by atoms with Crippen molar-refractivity contribution in [1.82, 2.24) is 0 Å². The van der Waals surface area contributed by atoms with Gasteiger partial charge in [0.2, 0.25) is 0 Å². The summed E-state index contributed by atoms with van der Waals surface area (Å²) in [6.07, 6.45) is 1.64. The molecule has 0 bridgehead atoms. The van der Waals surface area contributed by atoms with Gasteiger partial charge in [-0.25, -0.2) is 9.79 Å². The number of phenols is 1. The van der Waals surface area contributed by atoms with Crippen molar-refractivity contribution in [2.24, 2.45) is 4.99 Å². The largest absolute Gasteiger partial charge is 0.507 e. The second-order valence-electron chi connectivity index (χ2n) is 6.27. The molecule has 2 aromatic rings. The summed E-state index contributed by atoms with van der Waals surface area (Å²) in [5.41, 5.74) is 2.97. The summed E-state index contributed by atoms with van der Waals surface area (Å²) in [4.78, 5) is 17.5. The molecule has 1 aliphatic heterocycles. The highest BCUT2D eigenvalue weighted by atomic mass is 32.2. The first-order valence-electron chi connectivity index (χ1n) is 8.86. The highest BCUT2D eigenvalue weighted by Crippen LogP contribution is 2.41. The highest BCUT2D eigenvalue weighted by molar-refractivity contribution is 8.18. The van der Waals surface area contributed by atoms with Crippen LogP contribution in [0.2, 0.25) is 0 Å². The second kappa shape index (κ2) is 8.35. The minimum atomic E-state index is -0.628. The fourth-order valence-corrected chi connectivity index (χ4v) is 3.75. The molecule has 0 aliphatic carbocycles. The average molecular weight is 395 g/mol. The Hall–Kier alpha value is -2.99. The predicted octanol–water partition coefficient (Wildman–Crippen LogP) is 5.20. The zero-order chi connectivity index (χ0) is 20.3. The number of aliphatic hydroxyl groups is 1. The van der Waals surface area contributed by atoms with E-state index < -0.39 is 5.97 Å². The van der Waals surface area contributed by atoms with Gasteiger partial charge in [-0.05, 0) is 44.0 Å². The Morgan fingerprint density at radius 3 is 2.54 bits per heavy atom. The first kappa shape index (κ1) is 19.8. The monoisotopic (exact) mass is 395 g/mol. The number of aromatic hydroxyl groups is 1. The SMILES string of the molecule is CCOC(=O)C1=C(O)/C(=C\c2cccc(C)c2O)SC1=Nc1ccccc1C. The van der Waals surface area contributed by atoms with Crippen molar-refractivity contribution in [1.29, 1.82) is 0 Å². The van der Waals surface area contributed by atoms with Crippen molar-refractivity contribution in [3.63, 3.8) is 0 Å². The third-order valence-electron chi connectivity index (χ3n) is 4.26. The van der Waals surface area contributed by atoms with Crippen LogP contribution in [-0.4, -0.2) is 27.8 Å². The van der Waals surface area contributed by atoms with Crippen LogP contribution in [0.4, 0.5) is 5.69 Å². The first-order chi connectivity index (χ1) is 13.4. The minimum Gasteiger partial charge on any atom is -0.507 e. The van der Waals surface area contributed by atoms with Gasteiger partial charge in [0.15, 0.2) is 0 Å². The quantitative estimate of drug-likeness (QED) is 0.696. The van der Waals surface area contributed by atoms with E-state index in [0.29, 0.717) is 21.2 Å². The van der Waals surface area contributed by atoms with E-state index in [-0.39, 0.29) is 23.7 Å². The molecule has 5 nitrogen and oxygen atoms in total. The van der Waals surface area contributed by atoms with E-state index in [9.17, 15) is 15.0 Å². The zero-order valence-corrected chi connectivity index (χ0v) is 16.7. The van der Waals surface area contributed by atoms with Gasteiger partial charge in [0.25, 0.3) is 0 Å². The Bertz CT molecular complexity index is 1020. The summed E-state index contributed by atoms with van der Waals surface area (Å²) >= 11 is 1.17. The van der Waals surface area contributed by atoms with Crippen LogP contribution in [0, 0.1) is 13.8 Å². The van der Waals surface area contributed by atoms with Gasteiger partial charge in [-0.15, -0.1) is 0 Å². The fraction of sp³-hybridized carbons (Fsp3) is 0.182. The van der Waals surface area contributed by atoms with Crippen LogP contribution in [-0.2, 0) is 9.53 Å². The van der Waals surface area contributed by atoms with Crippen molar-refractivity contribution >= 4 is 34.5 Å². The van der Waals surface area contributed by atoms with Crippen molar-refractivity contribution in [3.8, 4) is 5.75 Å². The number of rotatable bonds is 4. The molecule has 2 aromatic carbocycles. The van der Waals surface area contributed by atoms with E-state index in [2.05, 4.69) is 4.99 Å². The Kier molecular flexibility index (Phi) is 5.90. The molecule has 0 atom stereocenters. The lowest BCUT2D eigenvalue weighted by Crippen LogP contribution is -2.12. The number of aliphatic imine (C=N–C) groups is 1. The topological polar surface area (TPSA) is 79.1 Å². The van der Waals surface area contributed by atoms with Crippen LogP contribution in [0.5, 0.6) is 5.75 Å². The standard InChI is InChI=1S/C22H21NO4S/c1-4-27-22(26)18-20(25)17(12-15-10-7-9-14(3)19(15)24)28-21(18)23-16-11-6-5-8-13(16)2/h5-12,24-25H,4H2,1-3H3/b17-12+,23-21?. The minimum absolute atomic E-state index is 0.0356. The molecular formula is C22H21NO4S. The number of hydrogen-bond acceptors (Lipinski definition) is 6. The normalized spacial score (nSPS) is 16.8. The summed E-state index contributed by atoms with van der Waals surface area (Å²) in [5, 5.41) is 21.3. The summed E-state index contributed by atoms with van der Waals surface area (Å²) in [6, 6.07) is 12.9. The maximum Gasteiger partial charge on any atom is 0.344 e. The van der Waals surface area contributed by atoms with E-state index in [1.807, 2.05) is 37.3 Å². The van der Waals surface area contributed by atoms with Crippen LogP contribution >= 0.6 is 11.8 Å². The average Bonchev–Trinajstić information content (AvgIpc) is 2.96. The van der Waals surface area contributed by atoms with E-state index in [0.717, 1.165) is 11.1 Å². The number of para-hydroxylation sites is 2.